The van der Waals surface area contributed by atoms with Crippen molar-refractivity contribution in [1.82, 2.24) is 9.58 Å². The molecule has 0 spiro atoms. The summed E-state index contributed by atoms with van der Waals surface area (Å²) < 4.78 is 22.2. The van der Waals surface area contributed by atoms with Crippen LogP contribution in [0.25, 0.3) is 21.6 Å². The average Bonchev–Trinajstić information content (AvgIpc) is 3.34. The Morgan fingerprint density at radius 1 is 1.00 bits per heavy atom. The number of carbonyl (C=O) groups is 1. The highest BCUT2D eigenvalue weighted by atomic mass is 32.1. The molecule has 0 bridgehead atoms. The molecule has 3 aliphatic rings. The number of amides is 1. The van der Waals surface area contributed by atoms with Crippen molar-refractivity contribution >= 4 is 17.2 Å². The summed E-state index contributed by atoms with van der Waals surface area (Å²) in [7, 11) is 0. The normalized spacial score (nSPS) is 20.1. The van der Waals surface area contributed by atoms with E-state index in [9.17, 15) is 19.1 Å². The van der Waals surface area contributed by atoms with E-state index >= 15 is 0 Å². The highest BCUT2D eigenvalue weighted by Crippen LogP contribution is 2.50. The molecule has 1 fully saturated rings. The largest absolute Gasteiger partial charge is 0.502 e. The molecule has 1 aliphatic carbocycles. The number of fused-ring (bicyclic) bond motifs is 7. The fourth-order valence-electron chi connectivity index (χ4n) is 5.66. The lowest BCUT2D eigenvalue weighted by Gasteiger charge is -2.51. The van der Waals surface area contributed by atoms with Gasteiger partial charge >= 0.3 is 0 Å². The third-order valence-electron chi connectivity index (χ3n) is 7.20. The van der Waals surface area contributed by atoms with Gasteiger partial charge in [0.15, 0.2) is 11.4 Å². The summed E-state index contributed by atoms with van der Waals surface area (Å²) in [6.07, 6.45) is 0.967. The van der Waals surface area contributed by atoms with E-state index in [2.05, 4.69) is 0 Å². The van der Waals surface area contributed by atoms with Gasteiger partial charge in [-0.05, 0) is 45.8 Å². The Morgan fingerprint density at radius 3 is 2.75 bits per heavy atom. The van der Waals surface area contributed by atoms with Gasteiger partial charge in [-0.25, -0.2) is 4.39 Å². The minimum atomic E-state index is -0.629. The molecule has 0 radical (unpaired) electrons. The predicted molar refractivity (Wildman–Crippen MR) is 133 cm³/mol. The number of carbonyl (C=O) groups excluding carboxylic acids is 1. The number of benzene rings is 2. The Hall–Kier alpha value is -3.95. The summed E-state index contributed by atoms with van der Waals surface area (Å²) >= 11 is 1.62. The SMILES string of the molecule is O=C1c2c(O)c(=O)ccn2N([C@H]2c3cc(F)ccc3-c3ccsc3-c3ccccc32)[C@@H]2COCCN12. The molecule has 4 aromatic rings. The van der Waals surface area contributed by atoms with Gasteiger partial charge < -0.3 is 14.7 Å². The Morgan fingerprint density at radius 2 is 1.86 bits per heavy atom. The van der Waals surface area contributed by atoms with Crippen molar-refractivity contribution in [3.05, 3.63) is 99.0 Å². The van der Waals surface area contributed by atoms with E-state index < -0.39 is 29.3 Å². The minimum absolute atomic E-state index is 0.102. The zero-order valence-corrected chi connectivity index (χ0v) is 19.7. The zero-order valence-electron chi connectivity index (χ0n) is 18.9. The molecule has 2 atom stereocenters. The molecule has 1 amide bonds. The van der Waals surface area contributed by atoms with Crippen LogP contribution >= 0.6 is 11.3 Å². The number of nitrogens with zero attached hydrogens (tertiary/aromatic N) is 3. The van der Waals surface area contributed by atoms with Crippen molar-refractivity contribution in [3.8, 4) is 27.3 Å². The van der Waals surface area contributed by atoms with Crippen molar-refractivity contribution in [2.45, 2.75) is 12.2 Å². The lowest BCUT2D eigenvalue weighted by molar-refractivity contribution is -0.0196. The number of hydrogen-bond acceptors (Lipinski definition) is 6. The standard InChI is InChI=1S/C27H20FN3O4S/c28-15-5-6-16-19-8-12-36-26(19)18-4-2-1-3-17(18)23(20(16)13-15)31-22-14-35-11-10-29(22)27(34)24-25(33)21(32)7-9-30(24)31/h1-9,12-13,22-23,33H,10-11,14H2/t22-,23-/m1/s1. The third kappa shape index (κ3) is 2.87. The van der Waals surface area contributed by atoms with Crippen LogP contribution < -0.4 is 10.4 Å². The number of thiophene rings is 1. The predicted octanol–water partition coefficient (Wildman–Crippen LogP) is 3.94. The molecule has 1 N–H and O–H groups in total. The molecule has 0 saturated carbocycles. The fraction of sp³-hybridized carbons (Fsp3) is 0.185. The van der Waals surface area contributed by atoms with Crippen LogP contribution in [-0.2, 0) is 4.74 Å². The maximum atomic E-state index is 14.9. The van der Waals surface area contributed by atoms with Gasteiger partial charge in [0.25, 0.3) is 5.91 Å². The van der Waals surface area contributed by atoms with E-state index in [-0.39, 0.29) is 18.1 Å². The molecule has 180 valence electrons. The van der Waals surface area contributed by atoms with Crippen LogP contribution in [0.2, 0.25) is 0 Å². The highest BCUT2D eigenvalue weighted by Gasteiger charge is 2.46. The second-order valence-corrected chi connectivity index (χ2v) is 9.96. The van der Waals surface area contributed by atoms with E-state index in [0.717, 1.165) is 32.7 Å². The summed E-state index contributed by atoms with van der Waals surface area (Å²) in [6, 6.07) is 15.5. The first kappa shape index (κ1) is 21.3. The van der Waals surface area contributed by atoms with Crippen LogP contribution in [0.4, 0.5) is 4.39 Å². The molecule has 4 heterocycles. The highest BCUT2D eigenvalue weighted by molar-refractivity contribution is 7.14. The van der Waals surface area contributed by atoms with Gasteiger partial charge in [-0.2, -0.15) is 0 Å². The molecule has 0 unspecified atom stereocenters. The quantitative estimate of drug-likeness (QED) is 0.428. The van der Waals surface area contributed by atoms with Crippen molar-refractivity contribution in [2.24, 2.45) is 0 Å². The Bertz CT molecular complexity index is 1610. The van der Waals surface area contributed by atoms with Crippen molar-refractivity contribution in [2.75, 3.05) is 24.8 Å². The summed E-state index contributed by atoms with van der Waals surface area (Å²) in [5.74, 6) is -1.41. The average molecular weight is 502 g/mol. The topological polar surface area (TPSA) is 75.0 Å². The lowest BCUT2D eigenvalue weighted by Crippen LogP contribution is -2.66. The molecule has 2 aliphatic heterocycles. The molecule has 2 aromatic heterocycles. The Balaban J connectivity index is 1.58. The summed E-state index contributed by atoms with van der Waals surface area (Å²) in [4.78, 5) is 28.5. The van der Waals surface area contributed by atoms with E-state index in [4.69, 9.17) is 4.74 Å². The number of halogens is 1. The summed E-state index contributed by atoms with van der Waals surface area (Å²) in [5, 5.41) is 14.7. The second kappa shape index (κ2) is 7.78. The van der Waals surface area contributed by atoms with E-state index in [1.807, 2.05) is 40.7 Å². The third-order valence-corrected chi connectivity index (χ3v) is 8.15. The number of morpholine rings is 1. The maximum absolute atomic E-state index is 14.9. The van der Waals surface area contributed by atoms with Crippen LogP contribution in [0.15, 0.2) is 71.0 Å². The van der Waals surface area contributed by atoms with Gasteiger partial charge in [-0.15, -0.1) is 11.3 Å². The number of aromatic hydroxyl groups is 1. The first-order valence-electron chi connectivity index (χ1n) is 11.6. The molecule has 7 nitrogen and oxygen atoms in total. The van der Waals surface area contributed by atoms with E-state index in [1.54, 1.807) is 27.0 Å². The Kier molecular flexibility index (Phi) is 4.61. The molecule has 36 heavy (non-hydrogen) atoms. The molecular weight excluding hydrogens is 481 g/mol. The molecular formula is C27H20FN3O4S. The van der Waals surface area contributed by atoms with Crippen LogP contribution in [0.5, 0.6) is 5.75 Å². The van der Waals surface area contributed by atoms with Crippen LogP contribution in [0.3, 0.4) is 0 Å². The van der Waals surface area contributed by atoms with E-state index in [1.165, 1.54) is 24.4 Å². The summed E-state index contributed by atoms with van der Waals surface area (Å²) in [5.41, 5.74) is 3.83. The summed E-state index contributed by atoms with van der Waals surface area (Å²) in [6.45, 7) is 0.876. The van der Waals surface area contributed by atoms with Gasteiger partial charge in [0.1, 0.15) is 12.0 Å². The van der Waals surface area contributed by atoms with Gasteiger partial charge in [0.05, 0.1) is 19.3 Å². The maximum Gasteiger partial charge on any atom is 0.278 e. The lowest BCUT2D eigenvalue weighted by atomic mass is 9.92. The molecule has 2 aromatic carbocycles. The number of hydrogen-bond donors (Lipinski definition) is 1. The second-order valence-electron chi connectivity index (χ2n) is 9.04. The number of pyridine rings is 1. The monoisotopic (exact) mass is 501 g/mol. The van der Waals surface area contributed by atoms with Crippen LogP contribution in [0, 0.1) is 5.82 Å². The first-order valence-corrected chi connectivity index (χ1v) is 12.5. The number of aromatic nitrogens is 1. The van der Waals surface area contributed by atoms with Crippen molar-refractivity contribution in [1.29, 1.82) is 0 Å². The minimum Gasteiger partial charge on any atom is -0.502 e. The van der Waals surface area contributed by atoms with Gasteiger partial charge in [0, 0.05) is 29.2 Å². The van der Waals surface area contributed by atoms with Crippen LogP contribution in [-0.4, -0.2) is 46.5 Å². The molecule has 9 heteroatoms. The number of rotatable bonds is 1. The molecule has 1 saturated heterocycles. The Labute approximate surface area is 209 Å². The van der Waals surface area contributed by atoms with Crippen molar-refractivity contribution < 1.29 is 19.0 Å². The molecule has 7 rings (SSSR count). The van der Waals surface area contributed by atoms with Crippen molar-refractivity contribution in [3.63, 3.8) is 0 Å². The smallest absolute Gasteiger partial charge is 0.278 e. The van der Waals surface area contributed by atoms with Crippen LogP contribution in [0.1, 0.15) is 27.7 Å². The van der Waals surface area contributed by atoms with Gasteiger partial charge in [-0.3, -0.25) is 19.3 Å². The fourth-order valence-corrected chi connectivity index (χ4v) is 6.62. The van der Waals surface area contributed by atoms with Gasteiger partial charge in [-0.1, -0.05) is 30.3 Å². The number of ether oxygens (including phenoxy) is 1. The van der Waals surface area contributed by atoms with Gasteiger partial charge in [0.2, 0.25) is 5.43 Å². The zero-order chi connectivity index (χ0) is 24.6. The van der Waals surface area contributed by atoms with E-state index in [0.29, 0.717) is 13.2 Å². The first-order chi connectivity index (χ1) is 17.5.